The monoisotopic (exact) mass is 331 g/mol. The molecule has 0 saturated heterocycles. The predicted octanol–water partition coefficient (Wildman–Crippen LogP) is 3.60. The Morgan fingerprint density at radius 3 is 2.54 bits per heavy atom. The Bertz CT molecular complexity index is 883. The second-order valence-electron chi connectivity index (χ2n) is 4.93. The number of aromatic amines is 1. The third-order valence-corrected chi connectivity index (χ3v) is 3.30. The first-order valence-corrected chi connectivity index (χ1v) is 6.97. The number of nitrogens with zero attached hydrogens (tertiary/aromatic N) is 4. The highest BCUT2D eigenvalue weighted by Gasteiger charge is 2.30. The fourth-order valence-electron chi connectivity index (χ4n) is 2.22. The highest BCUT2D eigenvalue weighted by Crippen LogP contribution is 2.32. The van der Waals surface area contributed by atoms with Gasteiger partial charge in [0.2, 0.25) is 0 Å². The lowest BCUT2D eigenvalue weighted by atomic mass is 10.1. The Kier molecular flexibility index (Phi) is 4.11. The van der Waals surface area contributed by atoms with Gasteiger partial charge in [-0.1, -0.05) is 18.2 Å². The van der Waals surface area contributed by atoms with Crippen LogP contribution in [0.3, 0.4) is 0 Å². The topological polar surface area (TPSA) is 66.8 Å². The van der Waals surface area contributed by atoms with E-state index in [2.05, 4.69) is 25.4 Å². The second-order valence-corrected chi connectivity index (χ2v) is 4.93. The van der Waals surface area contributed by atoms with E-state index in [1.54, 1.807) is 31.3 Å². The Morgan fingerprint density at radius 1 is 1.04 bits per heavy atom. The maximum atomic E-state index is 12.9. The number of alkyl halides is 3. The van der Waals surface area contributed by atoms with Gasteiger partial charge in [0.05, 0.1) is 23.2 Å². The van der Waals surface area contributed by atoms with Crippen molar-refractivity contribution >= 4 is 6.21 Å². The van der Waals surface area contributed by atoms with Crippen LogP contribution in [0, 0.1) is 0 Å². The van der Waals surface area contributed by atoms with Gasteiger partial charge in [-0.05, 0) is 24.3 Å². The Balaban J connectivity index is 2.04. The minimum Gasteiger partial charge on any atom is -0.294 e. The summed E-state index contributed by atoms with van der Waals surface area (Å²) in [5, 5.41) is 10.5. The lowest BCUT2D eigenvalue weighted by molar-refractivity contribution is -0.137. The maximum absolute atomic E-state index is 12.9. The zero-order chi connectivity index (χ0) is 17.2. The normalized spacial score (nSPS) is 12.0. The molecule has 0 atom stereocenters. The number of nitrogens with one attached hydrogen (secondary N) is 1. The molecule has 2 aromatic heterocycles. The van der Waals surface area contributed by atoms with E-state index in [1.165, 1.54) is 12.3 Å². The minimum absolute atomic E-state index is 0.376. The van der Waals surface area contributed by atoms with E-state index in [4.69, 9.17) is 0 Å². The molecule has 24 heavy (non-hydrogen) atoms. The Morgan fingerprint density at radius 2 is 1.79 bits per heavy atom. The number of benzene rings is 1. The van der Waals surface area contributed by atoms with Crippen LogP contribution in [0.15, 0.2) is 47.5 Å². The average molecular weight is 331 g/mol. The smallest absolute Gasteiger partial charge is 0.294 e. The number of hydrogen-bond donors (Lipinski definition) is 1. The highest BCUT2D eigenvalue weighted by atomic mass is 19.4. The molecule has 1 N–H and O–H groups in total. The molecule has 1 aromatic carbocycles. The molecule has 0 fully saturated rings. The standard InChI is InChI=1S/C16H12F3N5/c1-20-9-14-15(23-24-22-14)13-7-3-6-12(21-13)10-4-2-5-11(8-10)16(17,18)19/h2-9H,1H3,(H,22,23,24). The number of aliphatic imine (C=N–C) groups is 1. The summed E-state index contributed by atoms with van der Waals surface area (Å²) in [4.78, 5) is 8.28. The fourth-order valence-corrected chi connectivity index (χ4v) is 2.22. The molecule has 2 heterocycles. The van der Waals surface area contributed by atoms with E-state index in [9.17, 15) is 13.2 Å². The number of halogens is 3. The lowest BCUT2D eigenvalue weighted by Gasteiger charge is -2.09. The summed E-state index contributed by atoms with van der Waals surface area (Å²) < 4.78 is 38.6. The van der Waals surface area contributed by atoms with Crippen LogP contribution in [0.2, 0.25) is 0 Å². The average Bonchev–Trinajstić information content (AvgIpc) is 3.03. The molecular formula is C16H12F3N5. The van der Waals surface area contributed by atoms with Crippen molar-refractivity contribution in [1.29, 1.82) is 0 Å². The van der Waals surface area contributed by atoms with Gasteiger partial charge in [-0.2, -0.15) is 28.6 Å². The molecule has 0 aliphatic heterocycles. The molecule has 5 nitrogen and oxygen atoms in total. The van der Waals surface area contributed by atoms with Crippen LogP contribution in [0.5, 0.6) is 0 Å². The van der Waals surface area contributed by atoms with Crippen molar-refractivity contribution in [2.45, 2.75) is 6.18 Å². The van der Waals surface area contributed by atoms with Crippen molar-refractivity contribution in [3.8, 4) is 22.6 Å². The van der Waals surface area contributed by atoms with Crippen molar-refractivity contribution in [1.82, 2.24) is 20.4 Å². The summed E-state index contributed by atoms with van der Waals surface area (Å²) >= 11 is 0. The molecular weight excluding hydrogens is 319 g/mol. The molecule has 0 saturated carbocycles. The summed E-state index contributed by atoms with van der Waals surface area (Å²) in [6, 6.07) is 10.1. The van der Waals surface area contributed by atoms with Gasteiger partial charge >= 0.3 is 6.18 Å². The maximum Gasteiger partial charge on any atom is 0.416 e. The lowest BCUT2D eigenvalue weighted by Crippen LogP contribution is -2.04. The van der Waals surface area contributed by atoms with Gasteiger partial charge in [0.1, 0.15) is 11.4 Å². The van der Waals surface area contributed by atoms with E-state index in [0.29, 0.717) is 28.3 Å². The van der Waals surface area contributed by atoms with Crippen molar-refractivity contribution in [2.24, 2.45) is 4.99 Å². The molecule has 0 bridgehead atoms. The number of H-pyrrole nitrogens is 1. The quantitative estimate of drug-likeness (QED) is 0.746. The SMILES string of the molecule is CN=Cc1n[nH]nc1-c1cccc(-c2cccc(C(F)(F)F)c2)n1. The van der Waals surface area contributed by atoms with Crippen molar-refractivity contribution in [3.63, 3.8) is 0 Å². The first-order chi connectivity index (χ1) is 11.5. The molecule has 3 aromatic rings. The zero-order valence-corrected chi connectivity index (χ0v) is 12.5. The van der Waals surface area contributed by atoms with E-state index >= 15 is 0 Å². The van der Waals surface area contributed by atoms with Crippen LogP contribution < -0.4 is 0 Å². The van der Waals surface area contributed by atoms with Gasteiger partial charge in [0, 0.05) is 12.6 Å². The van der Waals surface area contributed by atoms with Gasteiger partial charge in [0.15, 0.2) is 0 Å². The predicted molar refractivity (Wildman–Crippen MR) is 83.6 cm³/mol. The number of hydrogen-bond acceptors (Lipinski definition) is 4. The van der Waals surface area contributed by atoms with Crippen LogP contribution in [-0.4, -0.2) is 33.7 Å². The fraction of sp³-hybridized carbons (Fsp3) is 0.125. The first-order valence-electron chi connectivity index (χ1n) is 6.97. The van der Waals surface area contributed by atoms with E-state index in [0.717, 1.165) is 12.1 Å². The van der Waals surface area contributed by atoms with Crippen LogP contribution in [0.1, 0.15) is 11.3 Å². The van der Waals surface area contributed by atoms with Crippen LogP contribution >= 0.6 is 0 Å². The van der Waals surface area contributed by atoms with Crippen molar-refractivity contribution in [3.05, 3.63) is 53.7 Å². The third-order valence-electron chi connectivity index (χ3n) is 3.30. The molecule has 8 heteroatoms. The van der Waals surface area contributed by atoms with Crippen molar-refractivity contribution < 1.29 is 13.2 Å². The molecule has 0 aliphatic carbocycles. The summed E-state index contributed by atoms with van der Waals surface area (Å²) in [7, 11) is 1.60. The van der Waals surface area contributed by atoms with Crippen LogP contribution in [0.4, 0.5) is 13.2 Å². The minimum atomic E-state index is -4.40. The van der Waals surface area contributed by atoms with E-state index in [1.807, 2.05) is 0 Å². The van der Waals surface area contributed by atoms with Gasteiger partial charge in [-0.25, -0.2) is 4.98 Å². The largest absolute Gasteiger partial charge is 0.416 e. The highest BCUT2D eigenvalue weighted by molar-refractivity contribution is 5.85. The molecule has 0 spiro atoms. The third kappa shape index (κ3) is 3.17. The van der Waals surface area contributed by atoms with Crippen LogP contribution in [0.25, 0.3) is 22.6 Å². The molecule has 0 unspecified atom stereocenters. The zero-order valence-electron chi connectivity index (χ0n) is 12.5. The Labute approximate surface area is 135 Å². The molecule has 3 rings (SSSR count). The van der Waals surface area contributed by atoms with Gasteiger partial charge in [0.25, 0.3) is 0 Å². The number of aromatic nitrogens is 4. The van der Waals surface area contributed by atoms with Gasteiger partial charge in [-0.15, -0.1) is 0 Å². The van der Waals surface area contributed by atoms with E-state index in [-0.39, 0.29) is 0 Å². The number of pyridine rings is 1. The number of rotatable bonds is 3. The first kappa shape index (κ1) is 15.9. The summed E-state index contributed by atoms with van der Waals surface area (Å²) in [5.74, 6) is 0. The molecule has 0 amide bonds. The van der Waals surface area contributed by atoms with Crippen molar-refractivity contribution in [2.75, 3.05) is 7.05 Å². The van der Waals surface area contributed by atoms with Gasteiger partial charge < -0.3 is 0 Å². The van der Waals surface area contributed by atoms with Crippen LogP contribution in [-0.2, 0) is 6.18 Å². The molecule has 0 aliphatic rings. The Hall–Kier alpha value is -3.03. The summed E-state index contributed by atoms with van der Waals surface area (Å²) in [6.45, 7) is 0. The summed E-state index contributed by atoms with van der Waals surface area (Å²) in [5.41, 5.74) is 1.56. The van der Waals surface area contributed by atoms with E-state index < -0.39 is 11.7 Å². The summed E-state index contributed by atoms with van der Waals surface area (Å²) in [6.07, 6.45) is -2.87. The second kappa shape index (κ2) is 6.23. The molecule has 0 radical (unpaired) electrons. The van der Waals surface area contributed by atoms with Gasteiger partial charge in [-0.3, -0.25) is 4.99 Å². The molecule has 122 valence electrons.